The number of carbonyl (C=O) groups is 2. The minimum absolute atomic E-state index is 0.0292. The Morgan fingerprint density at radius 2 is 1.85 bits per heavy atom. The number of hydrogen-bond donors (Lipinski definition) is 2. The molecule has 0 aromatic rings. The minimum atomic E-state index is -0.899. The Hall–Kier alpha value is -1.30. The molecule has 0 aromatic heterocycles. The first-order chi connectivity index (χ1) is 9.49. The summed E-state index contributed by atoms with van der Waals surface area (Å²) in [5.41, 5.74) is 0. The topological polar surface area (TPSA) is 72.9 Å². The van der Waals surface area contributed by atoms with Crippen LogP contribution in [0.5, 0.6) is 0 Å². The molecule has 2 N–H and O–H groups in total. The highest BCUT2D eigenvalue weighted by molar-refractivity contribution is 5.83. The second kappa shape index (κ2) is 6.43. The lowest BCUT2D eigenvalue weighted by Crippen LogP contribution is -2.49. The zero-order valence-corrected chi connectivity index (χ0v) is 12.3. The number of aliphatic carboxylic acids is 1. The summed E-state index contributed by atoms with van der Waals surface area (Å²) in [6.07, 6.45) is 2.95. The predicted octanol–water partition coefficient (Wildman–Crippen LogP) is 0.833. The summed E-state index contributed by atoms with van der Waals surface area (Å²) in [7, 11) is 2.11. The Bertz CT molecular complexity index is 367. The van der Waals surface area contributed by atoms with Crippen LogP contribution in [0.1, 0.15) is 26.2 Å². The highest BCUT2D eigenvalue weighted by atomic mass is 16.4. The number of carbonyl (C=O) groups excluding carboxylic acids is 1. The first-order valence-electron chi connectivity index (χ1n) is 7.45. The van der Waals surface area contributed by atoms with E-state index in [9.17, 15) is 14.7 Å². The highest BCUT2D eigenvalue weighted by Crippen LogP contribution is 2.24. The summed E-state index contributed by atoms with van der Waals surface area (Å²) in [5.74, 6) is -0.357. The van der Waals surface area contributed by atoms with E-state index in [1.807, 2.05) is 6.92 Å². The quantitative estimate of drug-likeness (QED) is 0.805. The number of likely N-dealkylation sites (tertiary alicyclic amines) is 2. The van der Waals surface area contributed by atoms with Crippen molar-refractivity contribution in [2.24, 2.45) is 11.8 Å². The molecule has 0 saturated carbocycles. The van der Waals surface area contributed by atoms with Gasteiger partial charge in [-0.25, -0.2) is 9.59 Å². The Labute approximate surface area is 120 Å². The fraction of sp³-hybridized carbons (Fsp3) is 0.857. The number of rotatable bonds is 3. The number of piperidine rings is 1. The standard InChI is InChI=1S/C14H25N3O3/c1-10-3-8-17(12(10)13(18)19)14(20)15-9-11-4-6-16(2)7-5-11/h10-12H,3-9H2,1-2H3,(H,15,20)(H,18,19). The molecule has 0 bridgehead atoms. The van der Waals surface area contributed by atoms with Crippen molar-refractivity contribution in [3.05, 3.63) is 0 Å². The maximum Gasteiger partial charge on any atom is 0.326 e. The Kier molecular flexibility index (Phi) is 4.86. The molecule has 2 aliphatic heterocycles. The van der Waals surface area contributed by atoms with Gasteiger partial charge in [0.25, 0.3) is 0 Å². The number of nitrogens with one attached hydrogen (secondary N) is 1. The number of carboxylic acid groups (broad SMARTS) is 1. The molecule has 2 heterocycles. The summed E-state index contributed by atoms with van der Waals surface area (Å²) in [4.78, 5) is 27.2. The predicted molar refractivity (Wildman–Crippen MR) is 75.5 cm³/mol. The van der Waals surface area contributed by atoms with Gasteiger partial charge in [-0.15, -0.1) is 0 Å². The van der Waals surface area contributed by atoms with Crippen LogP contribution >= 0.6 is 0 Å². The first-order valence-corrected chi connectivity index (χ1v) is 7.45. The van der Waals surface area contributed by atoms with Crippen molar-refractivity contribution in [2.45, 2.75) is 32.2 Å². The molecular formula is C14H25N3O3. The molecule has 0 aliphatic carbocycles. The van der Waals surface area contributed by atoms with Gasteiger partial charge in [-0.3, -0.25) is 0 Å². The number of hydrogen-bond acceptors (Lipinski definition) is 3. The molecule has 6 heteroatoms. The normalized spacial score (nSPS) is 28.6. The SMILES string of the molecule is CC1CCN(C(=O)NCC2CCN(C)CC2)C1C(=O)O. The van der Waals surface area contributed by atoms with E-state index in [0.29, 0.717) is 19.0 Å². The van der Waals surface area contributed by atoms with Crippen LogP contribution in [0, 0.1) is 11.8 Å². The number of carboxylic acids is 1. The molecule has 2 atom stereocenters. The van der Waals surface area contributed by atoms with Crippen LogP contribution in [-0.2, 0) is 4.79 Å². The Morgan fingerprint density at radius 3 is 2.45 bits per heavy atom. The molecular weight excluding hydrogens is 258 g/mol. The Morgan fingerprint density at radius 1 is 1.20 bits per heavy atom. The third-order valence-electron chi connectivity index (χ3n) is 4.59. The third-order valence-corrected chi connectivity index (χ3v) is 4.59. The van der Waals surface area contributed by atoms with Crippen LogP contribution in [0.15, 0.2) is 0 Å². The van der Waals surface area contributed by atoms with Gasteiger partial charge in [0.05, 0.1) is 0 Å². The largest absolute Gasteiger partial charge is 0.480 e. The molecule has 2 rings (SSSR count). The maximum absolute atomic E-state index is 12.2. The number of nitrogens with zero attached hydrogens (tertiary/aromatic N) is 2. The lowest BCUT2D eigenvalue weighted by Gasteiger charge is -2.30. The van der Waals surface area contributed by atoms with Crippen molar-refractivity contribution < 1.29 is 14.7 Å². The van der Waals surface area contributed by atoms with Gasteiger partial charge in [0.1, 0.15) is 6.04 Å². The van der Waals surface area contributed by atoms with Gasteiger partial charge in [0.2, 0.25) is 0 Å². The van der Waals surface area contributed by atoms with Crippen LogP contribution in [-0.4, -0.2) is 66.2 Å². The smallest absolute Gasteiger partial charge is 0.326 e. The molecule has 2 unspecified atom stereocenters. The molecule has 0 aromatic carbocycles. The van der Waals surface area contributed by atoms with E-state index in [2.05, 4.69) is 17.3 Å². The second-order valence-electron chi connectivity index (χ2n) is 6.18. The lowest BCUT2D eigenvalue weighted by molar-refractivity contribution is -0.142. The maximum atomic E-state index is 12.2. The van der Waals surface area contributed by atoms with Crippen molar-refractivity contribution >= 4 is 12.0 Å². The summed E-state index contributed by atoms with van der Waals surface area (Å²) in [5, 5.41) is 12.1. The molecule has 2 aliphatic rings. The number of amides is 2. The van der Waals surface area contributed by atoms with Gasteiger partial charge in [0.15, 0.2) is 0 Å². The van der Waals surface area contributed by atoms with Gasteiger partial charge in [-0.2, -0.15) is 0 Å². The molecule has 20 heavy (non-hydrogen) atoms. The molecule has 2 amide bonds. The van der Waals surface area contributed by atoms with Crippen LogP contribution in [0.3, 0.4) is 0 Å². The Balaban J connectivity index is 1.81. The van der Waals surface area contributed by atoms with Crippen molar-refractivity contribution in [1.29, 1.82) is 0 Å². The van der Waals surface area contributed by atoms with Crippen molar-refractivity contribution in [2.75, 3.05) is 33.2 Å². The molecule has 6 nitrogen and oxygen atoms in total. The van der Waals surface area contributed by atoms with Gasteiger partial charge in [0, 0.05) is 13.1 Å². The lowest BCUT2D eigenvalue weighted by atomic mass is 9.97. The summed E-state index contributed by atoms with van der Waals surface area (Å²) in [6.45, 7) is 5.22. The summed E-state index contributed by atoms with van der Waals surface area (Å²) < 4.78 is 0. The van der Waals surface area contributed by atoms with E-state index in [1.165, 1.54) is 4.90 Å². The summed E-state index contributed by atoms with van der Waals surface area (Å²) in [6, 6.07) is -0.895. The van der Waals surface area contributed by atoms with E-state index >= 15 is 0 Å². The first kappa shape index (κ1) is 15.1. The van der Waals surface area contributed by atoms with Crippen molar-refractivity contribution in [1.82, 2.24) is 15.1 Å². The zero-order chi connectivity index (χ0) is 14.7. The van der Waals surface area contributed by atoms with Crippen molar-refractivity contribution in [3.8, 4) is 0 Å². The van der Waals surface area contributed by atoms with Crippen LogP contribution in [0.2, 0.25) is 0 Å². The molecule has 2 fully saturated rings. The van der Waals surface area contributed by atoms with E-state index in [0.717, 1.165) is 32.4 Å². The van der Waals surface area contributed by atoms with Gasteiger partial charge >= 0.3 is 12.0 Å². The zero-order valence-electron chi connectivity index (χ0n) is 12.3. The van der Waals surface area contributed by atoms with E-state index in [4.69, 9.17) is 0 Å². The average molecular weight is 283 g/mol. The van der Waals surface area contributed by atoms with Gasteiger partial charge in [-0.1, -0.05) is 6.92 Å². The van der Waals surface area contributed by atoms with E-state index < -0.39 is 12.0 Å². The van der Waals surface area contributed by atoms with Gasteiger partial charge in [-0.05, 0) is 51.2 Å². The van der Waals surface area contributed by atoms with Crippen LogP contribution in [0.4, 0.5) is 4.79 Å². The third kappa shape index (κ3) is 3.42. The van der Waals surface area contributed by atoms with Gasteiger partial charge < -0.3 is 20.2 Å². The number of urea groups is 1. The van der Waals surface area contributed by atoms with Crippen molar-refractivity contribution in [3.63, 3.8) is 0 Å². The molecule has 0 radical (unpaired) electrons. The fourth-order valence-electron chi connectivity index (χ4n) is 3.15. The monoisotopic (exact) mass is 283 g/mol. The fourth-order valence-corrected chi connectivity index (χ4v) is 3.15. The molecule has 0 spiro atoms. The second-order valence-corrected chi connectivity index (χ2v) is 6.18. The highest BCUT2D eigenvalue weighted by Gasteiger charge is 2.39. The van der Waals surface area contributed by atoms with Crippen LogP contribution in [0.25, 0.3) is 0 Å². The van der Waals surface area contributed by atoms with E-state index in [-0.39, 0.29) is 11.9 Å². The summed E-state index contributed by atoms with van der Waals surface area (Å²) >= 11 is 0. The van der Waals surface area contributed by atoms with E-state index in [1.54, 1.807) is 0 Å². The molecule has 114 valence electrons. The molecule has 2 saturated heterocycles. The average Bonchev–Trinajstić information content (AvgIpc) is 2.80. The minimum Gasteiger partial charge on any atom is -0.480 e. The van der Waals surface area contributed by atoms with Crippen LogP contribution < -0.4 is 5.32 Å².